The third-order valence-electron chi connectivity index (χ3n) is 4.92. The van der Waals surface area contributed by atoms with Crippen LogP contribution in [-0.2, 0) is 13.0 Å². The van der Waals surface area contributed by atoms with Crippen LogP contribution in [0.4, 0.5) is 19.6 Å². The van der Waals surface area contributed by atoms with Crippen molar-refractivity contribution in [2.75, 3.05) is 5.32 Å². The Bertz CT molecular complexity index is 1280. The second-order valence-corrected chi connectivity index (χ2v) is 8.27. The van der Waals surface area contributed by atoms with E-state index in [-0.39, 0.29) is 17.5 Å². The van der Waals surface area contributed by atoms with Gasteiger partial charge in [-0.25, -0.2) is 15.0 Å². The largest absolute Gasteiger partial charge is 0.343 e. The van der Waals surface area contributed by atoms with Crippen LogP contribution in [0.15, 0.2) is 61.7 Å². The summed E-state index contributed by atoms with van der Waals surface area (Å²) in [5, 5.41) is 6.58. The standard InChI is InChI=1S/C22H20F2N6OS/c1-4-22(23,24)14-5-7-15(8-6-14)29-21-26-11-19(32-21)13(2)28-20(31)16-9-18-17(10-25-16)27-12-30(18)3/h4-13H,1H2,2-3H3,(H,26,29)(H,28,31). The number of allylic oxidation sites excluding steroid dienone is 1. The van der Waals surface area contributed by atoms with E-state index in [9.17, 15) is 13.6 Å². The number of pyridine rings is 1. The van der Waals surface area contributed by atoms with Crippen molar-refractivity contribution in [2.45, 2.75) is 18.9 Å². The molecule has 4 rings (SSSR count). The number of halogens is 2. The van der Waals surface area contributed by atoms with Gasteiger partial charge >= 0.3 is 0 Å². The summed E-state index contributed by atoms with van der Waals surface area (Å²) in [5.41, 5.74) is 2.33. The van der Waals surface area contributed by atoms with Crippen molar-refractivity contribution in [3.63, 3.8) is 0 Å². The topological polar surface area (TPSA) is 84.7 Å². The summed E-state index contributed by atoms with van der Waals surface area (Å²) < 4.78 is 29.1. The summed E-state index contributed by atoms with van der Waals surface area (Å²) in [4.78, 5) is 26.2. The fourth-order valence-corrected chi connectivity index (χ4v) is 3.90. The predicted octanol–water partition coefficient (Wildman–Crippen LogP) is 4.94. The minimum Gasteiger partial charge on any atom is -0.343 e. The van der Waals surface area contributed by atoms with Crippen molar-refractivity contribution in [3.8, 4) is 0 Å². The maximum atomic E-state index is 13.7. The van der Waals surface area contributed by atoms with Gasteiger partial charge in [0.1, 0.15) is 11.2 Å². The minimum absolute atomic E-state index is 0.132. The SMILES string of the molecule is C=CC(F)(F)c1ccc(Nc2ncc(C(C)NC(=O)c3cc4c(cn3)ncn4C)s2)cc1. The number of hydrogen-bond donors (Lipinski definition) is 2. The molecule has 0 bridgehead atoms. The number of rotatable bonds is 7. The van der Waals surface area contributed by atoms with Crippen LogP contribution < -0.4 is 10.6 Å². The Balaban J connectivity index is 1.41. The van der Waals surface area contributed by atoms with E-state index in [2.05, 4.69) is 32.2 Å². The van der Waals surface area contributed by atoms with E-state index in [1.807, 2.05) is 18.5 Å². The number of thiazole rings is 1. The molecule has 164 valence electrons. The van der Waals surface area contributed by atoms with Gasteiger partial charge in [0.2, 0.25) is 0 Å². The van der Waals surface area contributed by atoms with Gasteiger partial charge in [-0.2, -0.15) is 8.78 Å². The van der Waals surface area contributed by atoms with Crippen molar-refractivity contribution >= 4 is 39.1 Å². The summed E-state index contributed by atoms with van der Waals surface area (Å²) >= 11 is 1.36. The van der Waals surface area contributed by atoms with E-state index >= 15 is 0 Å². The molecule has 10 heteroatoms. The molecule has 0 radical (unpaired) electrons. The van der Waals surface area contributed by atoms with Crippen LogP contribution in [0.5, 0.6) is 0 Å². The molecule has 32 heavy (non-hydrogen) atoms. The lowest BCUT2D eigenvalue weighted by atomic mass is 10.1. The van der Waals surface area contributed by atoms with Crippen molar-refractivity contribution in [2.24, 2.45) is 7.05 Å². The van der Waals surface area contributed by atoms with Crippen molar-refractivity contribution < 1.29 is 13.6 Å². The Hall–Kier alpha value is -3.66. The summed E-state index contributed by atoms with van der Waals surface area (Å²) in [6.07, 6.45) is 5.51. The molecule has 0 saturated heterocycles. The third-order valence-corrected chi connectivity index (χ3v) is 6.02. The molecule has 1 amide bonds. The molecule has 0 saturated carbocycles. The van der Waals surface area contributed by atoms with E-state index in [4.69, 9.17) is 0 Å². The van der Waals surface area contributed by atoms with Crippen LogP contribution >= 0.6 is 11.3 Å². The van der Waals surface area contributed by atoms with Crippen LogP contribution in [0, 0.1) is 0 Å². The molecule has 3 aromatic heterocycles. The molecule has 0 aliphatic heterocycles. The Labute approximate surface area is 186 Å². The second-order valence-electron chi connectivity index (χ2n) is 7.21. The van der Waals surface area contributed by atoms with E-state index in [1.165, 1.54) is 23.5 Å². The molecule has 4 aromatic rings. The van der Waals surface area contributed by atoms with Gasteiger partial charge < -0.3 is 15.2 Å². The van der Waals surface area contributed by atoms with Gasteiger partial charge in [-0.05, 0) is 31.2 Å². The highest BCUT2D eigenvalue weighted by molar-refractivity contribution is 7.15. The Kier molecular flexibility index (Phi) is 5.70. The maximum absolute atomic E-state index is 13.7. The van der Waals surface area contributed by atoms with Gasteiger partial charge in [0.15, 0.2) is 5.13 Å². The number of nitrogens with one attached hydrogen (secondary N) is 2. The number of amides is 1. The molecule has 3 heterocycles. The van der Waals surface area contributed by atoms with Crippen LogP contribution in [0.25, 0.3) is 11.0 Å². The predicted molar refractivity (Wildman–Crippen MR) is 120 cm³/mol. The number of hydrogen-bond acceptors (Lipinski definition) is 6. The lowest BCUT2D eigenvalue weighted by molar-refractivity contribution is 0.0525. The first kappa shape index (κ1) is 21.6. The summed E-state index contributed by atoms with van der Waals surface area (Å²) in [5.74, 6) is -3.38. The molecule has 1 aromatic carbocycles. The molecule has 0 aliphatic rings. The van der Waals surface area contributed by atoms with Crippen molar-refractivity contribution in [3.05, 3.63) is 77.8 Å². The molecule has 2 N–H and O–H groups in total. The third kappa shape index (κ3) is 4.35. The van der Waals surface area contributed by atoms with Gasteiger partial charge in [0.05, 0.1) is 24.1 Å². The highest BCUT2D eigenvalue weighted by Gasteiger charge is 2.26. The van der Waals surface area contributed by atoms with Crippen molar-refractivity contribution in [1.29, 1.82) is 0 Å². The summed E-state index contributed by atoms with van der Waals surface area (Å²) in [7, 11) is 1.85. The molecule has 0 aliphatic carbocycles. The number of anilines is 2. The van der Waals surface area contributed by atoms with Crippen LogP contribution in [-0.4, -0.2) is 25.4 Å². The number of carbonyl (C=O) groups excluding carboxylic acids is 1. The monoisotopic (exact) mass is 454 g/mol. The maximum Gasteiger partial charge on any atom is 0.291 e. The number of carbonyl (C=O) groups is 1. The zero-order valence-electron chi connectivity index (χ0n) is 17.3. The molecule has 0 fully saturated rings. The molecule has 7 nitrogen and oxygen atoms in total. The van der Waals surface area contributed by atoms with E-state index < -0.39 is 5.92 Å². The molecular weight excluding hydrogens is 434 g/mol. The molecule has 1 unspecified atom stereocenters. The highest BCUT2D eigenvalue weighted by atomic mass is 32.1. The quantitative estimate of drug-likeness (QED) is 0.387. The van der Waals surface area contributed by atoms with E-state index in [0.29, 0.717) is 22.6 Å². The number of aryl methyl sites for hydroxylation is 1. The lowest BCUT2D eigenvalue weighted by Gasteiger charge is -2.12. The van der Waals surface area contributed by atoms with Crippen LogP contribution in [0.3, 0.4) is 0 Å². The van der Waals surface area contributed by atoms with Crippen molar-refractivity contribution in [1.82, 2.24) is 24.8 Å². The molecular formula is C22H20F2N6OS. The number of benzene rings is 1. The number of fused-ring (bicyclic) bond motifs is 1. The van der Waals surface area contributed by atoms with Gasteiger partial charge in [-0.1, -0.05) is 30.0 Å². The first-order valence-corrected chi connectivity index (χ1v) is 10.5. The zero-order valence-corrected chi connectivity index (χ0v) is 18.2. The van der Waals surface area contributed by atoms with Crippen LogP contribution in [0.1, 0.15) is 33.9 Å². The van der Waals surface area contributed by atoms with E-state index in [1.54, 1.807) is 36.9 Å². The zero-order chi connectivity index (χ0) is 22.9. The Morgan fingerprint density at radius 1 is 1.22 bits per heavy atom. The highest BCUT2D eigenvalue weighted by Crippen LogP contribution is 2.31. The normalized spacial score (nSPS) is 12.5. The van der Waals surface area contributed by atoms with E-state index in [0.717, 1.165) is 15.9 Å². The lowest BCUT2D eigenvalue weighted by Crippen LogP contribution is -2.26. The van der Waals surface area contributed by atoms with Gasteiger partial charge in [-0.15, -0.1) is 0 Å². The minimum atomic E-state index is -3.07. The van der Waals surface area contributed by atoms with Gasteiger partial charge in [0.25, 0.3) is 11.8 Å². The number of aromatic nitrogens is 4. The fraction of sp³-hybridized carbons (Fsp3) is 0.182. The van der Waals surface area contributed by atoms with Gasteiger partial charge in [0, 0.05) is 29.4 Å². The second kappa shape index (κ2) is 8.46. The number of nitrogens with zero attached hydrogens (tertiary/aromatic N) is 4. The first-order valence-electron chi connectivity index (χ1n) is 9.69. The van der Waals surface area contributed by atoms with Crippen LogP contribution in [0.2, 0.25) is 0 Å². The fourth-order valence-electron chi connectivity index (χ4n) is 3.06. The Morgan fingerprint density at radius 2 is 1.97 bits per heavy atom. The molecule has 1 atom stereocenters. The smallest absolute Gasteiger partial charge is 0.291 e. The average Bonchev–Trinajstić information content (AvgIpc) is 3.40. The number of alkyl halides is 2. The number of imidazole rings is 1. The summed E-state index contributed by atoms with van der Waals surface area (Å²) in [6.45, 7) is 5.01. The Morgan fingerprint density at radius 3 is 2.69 bits per heavy atom. The van der Waals surface area contributed by atoms with Gasteiger partial charge in [-0.3, -0.25) is 4.79 Å². The summed E-state index contributed by atoms with van der Waals surface area (Å²) in [6, 6.07) is 7.19. The molecule has 0 spiro atoms. The average molecular weight is 455 g/mol. The first-order chi connectivity index (χ1) is 15.3.